The Kier molecular flexibility index (Phi) is 9.68. The Balaban J connectivity index is 2.25. The number of nitrogens with one attached hydrogen (secondary N) is 1. The van der Waals surface area contributed by atoms with E-state index in [-0.39, 0.29) is 12.2 Å². The van der Waals surface area contributed by atoms with E-state index in [1.807, 2.05) is 6.07 Å². The van der Waals surface area contributed by atoms with Gasteiger partial charge in [0.2, 0.25) is 0 Å². The Labute approximate surface area is 138 Å². The average molecular weight is 320 g/mol. The summed E-state index contributed by atoms with van der Waals surface area (Å²) in [5, 5.41) is 10.9. The number of amides is 1. The second-order valence-electron chi connectivity index (χ2n) is 5.85. The number of carbonyl (C=O) groups is 2. The van der Waals surface area contributed by atoms with Crippen LogP contribution in [0.3, 0.4) is 0 Å². The highest BCUT2D eigenvalue weighted by Gasteiger charge is 2.09. The minimum absolute atomic E-state index is 0.281. The smallest absolute Gasteiger partial charge is 0.322 e. The second-order valence-corrected chi connectivity index (χ2v) is 5.85. The predicted octanol–water partition coefficient (Wildman–Crippen LogP) is 3.58. The van der Waals surface area contributed by atoms with E-state index in [0.29, 0.717) is 0 Å². The molecule has 0 aliphatic rings. The van der Waals surface area contributed by atoms with Crippen LogP contribution in [0.25, 0.3) is 0 Å². The molecule has 1 aromatic rings. The van der Waals surface area contributed by atoms with Crippen molar-refractivity contribution < 1.29 is 14.7 Å². The van der Waals surface area contributed by atoms with Crippen molar-refractivity contribution in [2.75, 3.05) is 6.54 Å². The van der Waals surface area contributed by atoms with Crippen LogP contribution in [-0.4, -0.2) is 28.5 Å². The van der Waals surface area contributed by atoms with Crippen LogP contribution in [0.1, 0.15) is 74.3 Å². The number of aryl methyl sites for hydroxylation is 1. The molecule has 0 aromatic carbocycles. The van der Waals surface area contributed by atoms with Gasteiger partial charge in [0.25, 0.3) is 5.91 Å². The Morgan fingerprint density at radius 2 is 1.74 bits per heavy atom. The maximum atomic E-state index is 11.8. The van der Waals surface area contributed by atoms with Gasteiger partial charge in [0.05, 0.1) is 0 Å². The molecule has 5 nitrogen and oxygen atoms in total. The van der Waals surface area contributed by atoms with Crippen molar-refractivity contribution in [1.82, 2.24) is 10.3 Å². The number of pyridine rings is 1. The van der Waals surface area contributed by atoms with Gasteiger partial charge >= 0.3 is 5.97 Å². The maximum absolute atomic E-state index is 11.8. The number of aromatic nitrogens is 1. The lowest BCUT2D eigenvalue weighted by atomic mass is 10.0. The molecule has 0 spiro atoms. The SMILES string of the molecule is CCCCCCCCCCc1ccnc(C(=O)NCC(=O)O)c1. The highest BCUT2D eigenvalue weighted by Crippen LogP contribution is 2.11. The summed E-state index contributed by atoms with van der Waals surface area (Å²) >= 11 is 0. The van der Waals surface area contributed by atoms with Gasteiger partial charge in [0.1, 0.15) is 12.2 Å². The molecule has 0 fully saturated rings. The zero-order valence-corrected chi connectivity index (χ0v) is 14.0. The van der Waals surface area contributed by atoms with Crippen LogP contribution in [0.5, 0.6) is 0 Å². The van der Waals surface area contributed by atoms with Gasteiger partial charge in [-0.25, -0.2) is 0 Å². The summed E-state index contributed by atoms with van der Waals surface area (Å²) in [6, 6.07) is 3.66. The van der Waals surface area contributed by atoms with Crippen LogP contribution in [0.15, 0.2) is 18.3 Å². The molecule has 0 aliphatic carbocycles. The molecule has 0 unspecified atom stereocenters. The number of carboxylic acids is 1. The van der Waals surface area contributed by atoms with Gasteiger partial charge in [-0.15, -0.1) is 0 Å². The summed E-state index contributed by atoms with van der Waals surface area (Å²) < 4.78 is 0. The molecule has 1 aromatic heterocycles. The topological polar surface area (TPSA) is 79.3 Å². The third-order valence-electron chi connectivity index (χ3n) is 3.78. The number of aliphatic carboxylic acids is 1. The van der Waals surface area contributed by atoms with Gasteiger partial charge in [-0.3, -0.25) is 14.6 Å². The van der Waals surface area contributed by atoms with E-state index in [9.17, 15) is 9.59 Å². The first-order valence-electron chi connectivity index (χ1n) is 8.58. The number of unbranched alkanes of at least 4 members (excludes halogenated alkanes) is 7. The van der Waals surface area contributed by atoms with Gasteiger partial charge in [-0.1, -0.05) is 51.9 Å². The Morgan fingerprint density at radius 3 is 2.39 bits per heavy atom. The van der Waals surface area contributed by atoms with Crippen molar-refractivity contribution in [2.45, 2.75) is 64.7 Å². The molecule has 1 amide bonds. The molecule has 128 valence electrons. The molecule has 0 saturated heterocycles. The summed E-state index contributed by atoms with van der Waals surface area (Å²) in [4.78, 5) is 26.2. The molecule has 0 bridgehead atoms. The lowest BCUT2D eigenvalue weighted by Gasteiger charge is -2.05. The van der Waals surface area contributed by atoms with Crippen LogP contribution < -0.4 is 5.32 Å². The standard InChI is InChI=1S/C18H28N2O3/c1-2-3-4-5-6-7-8-9-10-15-11-12-19-16(13-15)18(23)20-14-17(21)22/h11-13H,2-10,14H2,1H3,(H,20,23)(H,21,22). The number of nitrogens with zero attached hydrogens (tertiary/aromatic N) is 1. The van der Waals surface area contributed by atoms with E-state index >= 15 is 0 Å². The number of carboxylic acid groups (broad SMARTS) is 1. The molecule has 0 atom stereocenters. The van der Waals surface area contributed by atoms with Crippen molar-refractivity contribution >= 4 is 11.9 Å². The third kappa shape index (κ3) is 8.96. The molecule has 0 radical (unpaired) electrons. The largest absolute Gasteiger partial charge is 0.480 e. The van der Waals surface area contributed by atoms with Gasteiger partial charge in [-0.05, 0) is 30.5 Å². The van der Waals surface area contributed by atoms with Gasteiger partial charge < -0.3 is 10.4 Å². The summed E-state index contributed by atoms with van der Waals surface area (Å²) in [5.74, 6) is -1.50. The minimum atomic E-state index is -1.06. The Bertz CT molecular complexity index is 489. The van der Waals surface area contributed by atoms with E-state index in [4.69, 9.17) is 5.11 Å². The number of hydrogen-bond acceptors (Lipinski definition) is 3. The summed E-state index contributed by atoms with van der Waals surface area (Å²) in [5.41, 5.74) is 1.36. The highest BCUT2D eigenvalue weighted by atomic mass is 16.4. The van der Waals surface area contributed by atoms with E-state index in [0.717, 1.165) is 18.4 Å². The van der Waals surface area contributed by atoms with E-state index < -0.39 is 11.9 Å². The Hall–Kier alpha value is -1.91. The molecule has 2 N–H and O–H groups in total. The quantitative estimate of drug-likeness (QED) is 0.577. The van der Waals surface area contributed by atoms with Crippen molar-refractivity contribution in [1.29, 1.82) is 0 Å². The molecule has 0 saturated carbocycles. The molecule has 0 aliphatic heterocycles. The van der Waals surface area contributed by atoms with Gasteiger partial charge in [0, 0.05) is 6.20 Å². The third-order valence-corrected chi connectivity index (χ3v) is 3.78. The Morgan fingerprint density at radius 1 is 1.09 bits per heavy atom. The molecular weight excluding hydrogens is 292 g/mol. The van der Waals surface area contributed by atoms with Crippen LogP contribution in [0, 0.1) is 0 Å². The van der Waals surface area contributed by atoms with Crippen molar-refractivity contribution in [3.63, 3.8) is 0 Å². The fourth-order valence-corrected chi connectivity index (χ4v) is 2.46. The average Bonchev–Trinajstić information content (AvgIpc) is 2.55. The number of hydrogen-bond donors (Lipinski definition) is 2. The number of carbonyl (C=O) groups excluding carboxylic acids is 1. The lowest BCUT2D eigenvalue weighted by molar-refractivity contribution is -0.135. The van der Waals surface area contributed by atoms with E-state index in [1.165, 1.54) is 44.9 Å². The molecule has 1 heterocycles. The van der Waals surface area contributed by atoms with Crippen molar-refractivity contribution in [2.24, 2.45) is 0 Å². The first-order valence-corrected chi connectivity index (χ1v) is 8.58. The van der Waals surface area contributed by atoms with Crippen LogP contribution in [-0.2, 0) is 11.2 Å². The van der Waals surface area contributed by atoms with Crippen LogP contribution >= 0.6 is 0 Å². The predicted molar refractivity (Wildman–Crippen MR) is 90.5 cm³/mol. The molecular formula is C18H28N2O3. The second kappa shape index (κ2) is 11.6. The fraction of sp³-hybridized carbons (Fsp3) is 0.611. The van der Waals surface area contributed by atoms with Crippen molar-refractivity contribution in [3.8, 4) is 0 Å². The maximum Gasteiger partial charge on any atom is 0.322 e. The van der Waals surface area contributed by atoms with E-state index in [2.05, 4.69) is 17.2 Å². The highest BCUT2D eigenvalue weighted by molar-refractivity contribution is 5.94. The summed E-state index contributed by atoms with van der Waals surface area (Å²) in [6.45, 7) is 1.84. The van der Waals surface area contributed by atoms with Crippen LogP contribution in [0.2, 0.25) is 0 Å². The molecule has 1 rings (SSSR count). The monoisotopic (exact) mass is 320 g/mol. The van der Waals surface area contributed by atoms with Gasteiger partial charge in [0.15, 0.2) is 0 Å². The first kappa shape index (κ1) is 19.1. The fourth-order valence-electron chi connectivity index (χ4n) is 2.46. The van der Waals surface area contributed by atoms with Crippen LogP contribution in [0.4, 0.5) is 0 Å². The van der Waals surface area contributed by atoms with E-state index in [1.54, 1.807) is 12.3 Å². The normalized spacial score (nSPS) is 10.5. The summed E-state index contributed by atoms with van der Waals surface area (Å²) in [7, 11) is 0. The molecule has 23 heavy (non-hydrogen) atoms. The van der Waals surface area contributed by atoms with Gasteiger partial charge in [-0.2, -0.15) is 0 Å². The zero-order chi connectivity index (χ0) is 16.9. The summed E-state index contributed by atoms with van der Waals surface area (Å²) in [6.07, 6.45) is 12.7. The minimum Gasteiger partial charge on any atom is -0.480 e. The zero-order valence-electron chi connectivity index (χ0n) is 14.0. The van der Waals surface area contributed by atoms with Crippen molar-refractivity contribution in [3.05, 3.63) is 29.6 Å². The molecule has 5 heteroatoms. The number of rotatable bonds is 12. The first-order chi connectivity index (χ1) is 11.1. The lowest BCUT2D eigenvalue weighted by Crippen LogP contribution is -2.29.